The van der Waals surface area contributed by atoms with Crippen LogP contribution in [0.25, 0.3) is 0 Å². The number of pyridine rings is 2. The average molecular weight is 437 g/mol. The van der Waals surface area contributed by atoms with Crippen LogP contribution in [0.4, 0.5) is 20.4 Å². The summed E-state index contributed by atoms with van der Waals surface area (Å²) in [4.78, 5) is 20.3. The van der Waals surface area contributed by atoms with Crippen LogP contribution in [0, 0.1) is 29.4 Å². The van der Waals surface area contributed by atoms with Gasteiger partial charge in [-0.25, -0.2) is 18.7 Å². The van der Waals surface area contributed by atoms with Crippen molar-refractivity contribution in [2.75, 3.05) is 17.2 Å². The Balaban J connectivity index is 1.69. The maximum absolute atomic E-state index is 14.7. The minimum atomic E-state index is -0.927. The third-order valence-electron chi connectivity index (χ3n) is 6.30. The number of hydrogen-bond donors (Lipinski definition) is 3. The Kier molecular flexibility index (Phi) is 5.53. The van der Waals surface area contributed by atoms with Gasteiger partial charge >= 0.3 is 5.97 Å². The van der Waals surface area contributed by atoms with Gasteiger partial charge in [0, 0.05) is 30.4 Å². The first-order chi connectivity index (χ1) is 14.3. The standard InChI is InChI=1S/C21H23ClF2N4O2/c1-9-3-4-10(2)17(16(9)21(29)30)27-20-15(24)6-14(23)18(28-20)13-8-26-19-12(13)5-11(22)7-25-19/h5-7,9-10,13,16-17H,3-4,8H2,1-2H3,(H,25,26)(H,27,28)(H,29,30)/t9?,10?,13?,16-,17-/m0/s1. The van der Waals surface area contributed by atoms with E-state index in [2.05, 4.69) is 20.6 Å². The normalized spacial score (nSPS) is 28.0. The van der Waals surface area contributed by atoms with Crippen molar-refractivity contribution in [3.8, 4) is 0 Å². The molecule has 0 radical (unpaired) electrons. The van der Waals surface area contributed by atoms with Crippen LogP contribution in [-0.2, 0) is 4.79 Å². The van der Waals surface area contributed by atoms with Gasteiger partial charge in [-0.2, -0.15) is 0 Å². The third kappa shape index (κ3) is 3.69. The van der Waals surface area contributed by atoms with Crippen molar-refractivity contribution in [1.82, 2.24) is 9.97 Å². The lowest BCUT2D eigenvalue weighted by Crippen LogP contribution is -2.46. The fourth-order valence-corrected chi connectivity index (χ4v) is 4.79. The lowest BCUT2D eigenvalue weighted by Gasteiger charge is -2.39. The minimum absolute atomic E-state index is 0.00822. The summed E-state index contributed by atoms with van der Waals surface area (Å²) in [6, 6.07) is 1.99. The van der Waals surface area contributed by atoms with E-state index >= 15 is 0 Å². The van der Waals surface area contributed by atoms with Gasteiger partial charge in [-0.15, -0.1) is 0 Å². The van der Waals surface area contributed by atoms with Gasteiger partial charge in [-0.05, 0) is 30.7 Å². The van der Waals surface area contributed by atoms with Crippen LogP contribution in [0.1, 0.15) is 43.9 Å². The van der Waals surface area contributed by atoms with Crippen molar-refractivity contribution in [3.05, 3.63) is 46.2 Å². The van der Waals surface area contributed by atoms with Crippen LogP contribution in [-0.4, -0.2) is 33.6 Å². The first-order valence-electron chi connectivity index (χ1n) is 10.0. The molecule has 0 saturated heterocycles. The molecule has 6 nitrogen and oxygen atoms in total. The van der Waals surface area contributed by atoms with Gasteiger partial charge < -0.3 is 15.7 Å². The Morgan fingerprint density at radius 3 is 2.70 bits per heavy atom. The Morgan fingerprint density at radius 2 is 1.97 bits per heavy atom. The molecule has 30 heavy (non-hydrogen) atoms. The first-order valence-corrected chi connectivity index (χ1v) is 10.4. The molecular weight excluding hydrogens is 414 g/mol. The van der Waals surface area contributed by atoms with Gasteiger partial charge in [0.05, 0.1) is 22.6 Å². The highest BCUT2D eigenvalue weighted by Gasteiger charge is 2.41. The largest absolute Gasteiger partial charge is 0.481 e. The molecule has 5 atom stereocenters. The fourth-order valence-electron chi connectivity index (χ4n) is 4.63. The van der Waals surface area contributed by atoms with Crippen LogP contribution in [0.15, 0.2) is 18.3 Å². The van der Waals surface area contributed by atoms with E-state index in [-0.39, 0.29) is 23.3 Å². The monoisotopic (exact) mass is 436 g/mol. The smallest absolute Gasteiger partial charge is 0.308 e. The summed E-state index contributed by atoms with van der Waals surface area (Å²) in [5.74, 6) is -3.29. The van der Waals surface area contributed by atoms with Crippen LogP contribution < -0.4 is 10.6 Å². The molecule has 3 unspecified atom stereocenters. The van der Waals surface area contributed by atoms with Crippen LogP contribution in [0.2, 0.25) is 5.02 Å². The number of carbonyl (C=O) groups is 1. The molecule has 0 bridgehead atoms. The van der Waals surface area contributed by atoms with Crippen LogP contribution >= 0.6 is 11.6 Å². The molecule has 0 spiro atoms. The molecule has 0 aromatic carbocycles. The second-order valence-electron chi connectivity index (χ2n) is 8.28. The number of nitrogens with one attached hydrogen (secondary N) is 2. The molecular formula is C21H23ClF2N4O2. The predicted octanol–water partition coefficient (Wildman–Crippen LogP) is 4.51. The SMILES string of the molecule is CC1CCC(C)[C@H](C(=O)O)[C@H]1Nc1nc(C2CNc3ncc(Cl)cc32)c(F)cc1F. The molecule has 3 heterocycles. The summed E-state index contributed by atoms with van der Waals surface area (Å²) in [6.45, 7) is 4.18. The van der Waals surface area contributed by atoms with E-state index in [1.54, 1.807) is 6.07 Å². The number of aromatic nitrogens is 2. The van der Waals surface area contributed by atoms with Gasteiger partial charge in [0.25, 0.3) is 0 Å². The zero-order valence-electron chi connectivity index (χ0n) is 16.6. The quantitative estimate of drug-likeness (QED) is 0.653. The van der Waals surface area contributed by atoms with E-state index in [9.17, 15) is 18.7 Å². The van der Waals surface area contributed by atoms with E-state index in [4.69, 9.17) is 11.6 Å². The Morgan fingerprint density at radius 1 is 1.23 bits per heavy atom. The molecule has 2 aliphatic rings. The molecule has 1 fully saturated rings. The molecule has 1 saturated carbocycles. The summed E-state index contributed by atoms with van der Waals surface area (Å²) < 4.78 is 29.3. The zero-order valence-corrected chi connectivity index (χ0v) is 17.4. The molecule has 1 aliphatic carbocycles. The van der Waals surface area contributed by atoms with Crippen molar-refractivity contribution in [3.63, 3.8) is 0 Å². The average Bonchev–Trinajstić information content (AvgIpc) is 3.09. The zero-order chi connectivity index (χ0) is 21.6. The number of anilines is 2. The maximum atomic E-state index is 14.7. The predicted molar refractivity (Wildman–Crippen MR) is 110 cm³/mol. The van der Waals surface area contributed by atoms with Gasteiger partial charge in [0.1, 0.15) is 11.6 Å². The first kappa shape index (κ1) is 20.8. The highest BCUT2D eigenvalue weighted by Crippen LogP contribution is 2.39. The number of carboxylic acids is 1. The van der Waals surface area contributed by atoms with Crippen molar-refractivity contribution in [1.29, 1.82) is 0 Å². The lowest BCUT2D eigenvalue weighted by molar-refractivity contribution is -0.145. The van der Waals surface area contributed by atoms with E-state index in [1.165, 1.54) is 6.20 Å². The molecule has 1 aliphatic heterocycles. The summed E-state index contributed by atoms with van der Waals surface area (Å²) in [7, 11) is 0. The second kappa shape index (κ2) is 7.98. The summed E-state index contributed by atoms with van der Waals surface area (Å²) in [6.07, 6.45) is 3.11. The van der Waals surface area contributed by atoms with Crippen molar-refractivity contribution in [2.45, 2.75) is 38.6 Å². The van der Waals surface area contributed by atoms with Gasteiger partial charge in [-0.3, -0.25) is 4.79 Å². The van der Waals surface area contributed by atoms with Crippen molar-refractivity contribution in [2.24, 2.45) is 17.8 Å². The highest BCUT2D eigenvalue weighted by atomic mass is 35.5. The number of hydrogen-bond acceptors (Lipinski definition) is 5. The Labute approximate surface area is 178 Å². The molecule has 2 aromatic rings. The summed E-state index contributed by atoms with van der Waals surface area (Å²) in [5.41, 5.74) is 0.757. The van der Waals surface area contributed by atoms with Gasteiger partial charge in [0.2, 0.25) is 0 Å². The molecule has 9 heteroatoms. The van der Waals surface area contributed by atoms with E-state index < -0.39 is 35.5 Å². The van der Waals surface area contributed by atoms with Gasteiger partial charge in [-0.1, -0.05) is 25.4 Å². The third-order valence-corrected chi connectivity index (χ3v) is 6.51. The van der Waals surface area contributed by atoms with Crippen molar-refractivity contribution < 1.29 is 18.7 Å². The number of carboxylic acid groups (broad SMARTS) is 1. The van der Waals surface area contributed by atoms with Crippen LogP contribution in [0.5, 0.6) is 0 Å². The summed E-state index contributed by atoms with van der Waals surface area (Å²) >= 11 is 6.04. The minimum Gasteiger partial charge on any atom is -0.481 e. The van der Waals surface area contributed by atoms with Crippen LogP contribution in [0.3, 0.4) is 0 Å². The van der Waals surface area contributed by atoms with E-state index in [0.717, 1.165) is 18.9 Å². The maximum Gasteiger partial charge on any atom is 0.308 e. The van der Waals surface area contributed by atoms with Gasteiger partial charge in [0.15, 0.2) is 11.6 Å². The van der Waals surface area contributed by atoms with E-state index in [1.807, 2.05) is 13.8 Å². The Bertz CT molecular complexity index is 990. The van der Waals surface area contributed by atoms with E-state index in [0.29, 0.717) is 22.9 Å². The topological polar surface area (TPSA) is 87.1 Å². The fraction of sp³-hybridized carbons (Fsp3) is 0.476. The number of rotatable bonds is 4. The number of fused-ring (bicyclic) bond motifs is 1. The number of aliphatic carboxylic acids is 1. The molecule has 0 amide bonds. The lowest BCUT2D eigenvalue weighted by atomic mass is 9.71. The molecule has 160 valence electrons. The van der Waals surface area contributed by atoms with Crippen molar-refractivity contribution >= 4 is 29.2 Å². The molecule has 2 aromatic heterocycles. The summed E-state index contributed by atoms with van der Waals surface area (Å²) in [5, 5.41) is 16.2. The second-order valence-corrected chi connectivity index (χ2v) is 8.71. The molecule has 3 N–H and O–H groups in total. The number of halogens is 3. The highest BCUT2D eigenvalue weighted by molar-refractivity contribution is 6.30. The molecule has 4 rings (SSSR count). The number of nitrogens with zero attached hydrogens (tertiary/aromatic N) is 2. The Hall–Kier alpha value is -2.48.